The van der Waals surface area contributed by atoms with Gasteiger partial charge in [0.25, 0.3) is 0 Å². The van der Waals surface area contributed by atoms with Crippen LogP contribution in [-0.2, 0) is 0 Å². The Hall–Kier alpha value is -1.60. The van der Waals surface area contributed by atoms with Gasteiger partial charge in [-0.25, -0.2) is 0 Å². The largest absolute Gasteiger partial charge is 0.0883 e. The van der Waals surface area contributed by atoms with Gasteiger partial charge in [-0.3, -0.25) is 0 Å². The van der Waals surface area contributed by atoms with Crippen molar-refractivity contribution >= 4 is 28.1 Å². The number of alkyl halides is 1. The van der Waals surface area contributed by atoms with Gasteiger partial charge >= 0.3 is 0 Å². The van der Waals surface area contributed by atoms with Gasteiger partial charge in [0.15, 0.2) is 0 Å². The molecule has 0 aliphatic carbocycles. The van der Waals surface area contributed by atoms with Crippen molar-refractivity contribution in [3.8, 4) is 0 Å². The molecule has 0 spiro atoms. The first-order valence-electron chi connectivity index (χ1n) is 9.03. The number of benzene rings is 2. The predicted molar refractivity (Wildman–Crippen MR) is 119 cm³/mol. The molecule has 0 fully saturated rings. The molecule has 0 aliphatic rings. The maximum absolute atomic E-state index is 3.36. The SMILES string of the molecule is C/C=C/c1ccc(C(C)C)cc1.CC(C)c1ccc(/C=C/CBr)cc1. The number of hydrogen-bond acceptors (Lipinski definition) is 0. The average molecular weight is 399 g/mol. The van der Waals surface area contributed by atoms with E-state index in [1.807, 2.05) is 6.92 Å². The van der Waals surface area contributed by atoms with Gasteiger partial charge < -0.3 is 0 Å². The fraction of sp³-hybridized carbons (Fsp3) is 0.333. The van der Waals surface area contributed by atoms with Crippen LogP contribution in [0.1, 0.15) is 68.7 Å². The molecule has 2 aromatic carbocycles. The Bertz CT molecular complexity index is 643. The van der Waals surface area contributed by atoms with Crippen LogP contribution in [0.25, 0.3) is 12.2 Å². The molecule has 0 bridgehead atoms. The van der Waals surface area contributed by atoms with Gasteiger partial charge in [0.2, 0.25) is 0 Å². The van der Waals surface area contributed by atoms with Gasteiger partial charge in [0.05, 0.1) is 0 Å². The molecule has 0 unspecified atom stereocenters. The zero-order valence-electron chi connectivity index (χ0n) is 16.2. The smallest absolute Gasteiger partial charge is 0.0215 e. The zero-order valence-corrected chi connectivity index (χ0v) is 17.8. The Kier molecular flexibility index (Phi) is 10.2. The van der Waals surface area contributed by atoms with Gasteiger partial charge in [0.1, 0.15) is 0 Å². The third-order valence-electron chi connectivity index (χ3n) is 3.96. The zero-order chi connectivity index (χ0) is 18.7. The van der Waals surface area contributed by atoms with E-state index >= 15 is 0 Å². The molecular weight excluding hydrogens is 368 g/mol. The summed E-state index contributed by atoms with van der Waals surface area (Å²) < 4.78 is 0. The summed E-state index contributed by atoms with van der Waals surface area (Å²) in [4.78, 5) is 0. The summed E-state index contributed by atoms with van der Waals surface area (Å²) in [6, 6.07) is 17.4. The molecule has 2 rings (SSSR count). The Balaban J connectivity index is 0.000000251. The van der Waals surface area contributed by atoms with E-state index in [1.54, 1.807) is 0 Å². The minimum absolute atomic E-state index is 0.620. The van der Waals surface area contributed by atoms with Crippen molar-refractivity contribution in [1.82, 2.24) is 0 Å². The highest BCUT2D eigenvalue weighted by molar-refractivity contribution is 9.09. The number of halogens is 1. The maximum atomic E-state index is 3.36. The fourth-order valence-corrected chi connectivity index (χ4v) is 2.54. The molecule has 0 N–H and O–H groups in total. The van der Waals surface area contributed by atoms with Gasteiger partial charge in [-0.2, -0.15) is 0 Å². The average Bonchev–Trinajstić information content (AvgIpc) is 2.61. The van der Waals surface area contributed by atoms with Crippen molar-refractivity contribution in [3.63, 3.8) is 0 Å². The van der Waals surface area contributed by atoms with E-state index < -0.39 is 0 Å². The van der Waals surface area contributed by atoms with Crippen molar-refractivity contribution in [2.45, 2.75) is 46.5 Å². The summed E-state index contributed by atoms with van der Waals surface area (Å²) in [5.74, 6) is 1.25. The molecule has 0 amide bonds. The van der Waals surface area contributed by atoms with E-state index in [0.717, 1.165) is 5.33 Å². The van der Waals surface area contributed by atoms with Crippen molar-refractivity contribution in [3.05, 3.63) is 82.9 Å². The van der Waals surface area contributed by atoms with E-state index in [1.165, 1.54) is 22.3 Å². The molecule has 0 radical (unpaired) electrons. The Labute approximate surface area is 162 Å². The molecular formula is C24H31Br. The first-order valence-corrected chi connectivity index (χ1v) is 10.1. The van der Waals surface area contributed by atoms with Crippen molar-refractivity contribution in [2.24, 2.45) is 0 Å². The van der Waals surface area contributed by atoms with Gasteiger partial charge in [-0.1, -0.05) is 116 Å². The highest BCUT2D eigenvalue weighted by Crippen LogP contribution is 2.16. The Morgan fingerprint density at radius 2 is 1.12 bits per heavy atom. The molecule has 0 atom stereocenters. The van der Waals surface area contributed by atoms with Crippen LogP contribution in [0.15, 0.2) is 60.7 Å². The highest BCUT2D eigenvalue weighted by atomic mass is 79.9. The normalized spacial score (nSPS) is 11.4. The summed E-state index contributed by atoms with van der Waals surface area (Å²) in [6.45, 7) is 10.9. The van der Waals surface area contributed by atoms with Gasteiger partial charge in [-0.15, -0.1) is 0 Å². The van der Waals surface area contributed by atoms with E-state index in [0.29, 0.717) is 11.8 Å². The molecule has 0 aliphatic heterocycles. The van der Waals surface area contributed by atoms with Crippen LogP contribution in [0, 0.1) is 0 Å². The third-order valence-corrected chi connectivity index (χ3v) is 4.34. The Morgan fingerprint density at radius 3 is 1.44 bits per heavy atom. The van der Waals surface area contributed by atoms with E-state index in [-0.39, 0.29) is 0 Å². The Morgan fingerprint density at radius 1 is 0.720 bits per heavy atom. The second-order valence-corrected chi connectivity index (χ2v) is 7.35. The van der Waals surface area contributed by atoms with Crippen molar-refractivity contribution in [1.29, 1.82) is 0 Å². The number of rotatable bonds is 5. The minimum Gasteiger partial charge on any atom is -0.0883 e. The first kappa shape index (κ1) is 21.4. The lowest BCUT2D eigenvalue weighted by Gasteiger charge is -2.04. The number of hydrogen-bond donors (Lipinski definition) is 0. The number of allylic oxidation sites excluding steroid dienone is 2. The van der Waals surface area contributed by atoms with Crippen molar-refractivity contribution < 1.29 is 0 Å². The van der Waals surface area contributed by atoms with Gasteiger partial charge in [-0.05, 0) is 41.0 Å². The molecule has 2 aromatic rings. The third kappa shape index (κ3) is 8.36. The summed E-state index contributed by atoms with van der Waals surface area (Å²) >= 11 is 3.36. The van der Waals surface area contributed by atoms with Crippen LogP contribution in [0.2, 0.25) is 0 Å². The van der Waals surface area contributed by atoms with Crippen LogP contribution in [-0.4, -0.2) is 5.33 Å². The van der Waals surface area contributed by atoms with Crippen LogP contribution in [0.3, 0.4) is 0 Å². The molecule has 0 aromatic heterocycles. The van der Waals surface area contributed by atoms with Crippen LogP contribution >= 0.6 is 15.9 Å². The fourth-order valence-electron chi connectivity index (χ4n) is 2.36. The molecule has 134 valence electrons. The van der Waals surface area contributed by atoms with Crippen LogP contribution in [0.5, 0.6) is 0 Å². The predicted octanol–water partition coefficient (Wildman–Crippen LogP) is 8.06. The summed E-state index contributed by atoms with van der Waals surface area (Å²) in [5, 5.41) is 0.916. The van der Waals surface area contributed by atoms with Crippen LogP contribution < -0.4 is 0 Å². The molecule has 0 nitrogen and oxygen atoms in total. The van der Waals surface area contributed by atoms with E-state index in [4.69, 9.17) is 0 Å². The lowest BCUT2D eigenvalue weighted by Crippen LogP contribution is -1.85. The van der Waals surface area contributed by atoms with Crippen LogP contribution in [0.4, 0.5) is 0 Å². The molecule has 0 saturated heterocycles. The monoisotopic (exact) mass is 398 g/mol. The second kappa shape index (κ2) is 11.9. The maximum Gasteiger partial charge on any atom is 0.0215 e. The second-order valence-electron chi connectivity index (χ2n) is 6.70. The van der Waals surface area contributed by atoms with Gasteiger partial charge in [0, 0.05) is 5.33 Å². The first-order chi connectivity index (χ1) is 12.0. The lowest BCUT2D eigenvalue weighted by molar-refractivity contribution is 0.866. The molecule has 0 heterocycles. The van der Waals surface area contributed by atoms with Crippen molar-refractivity contribution in [2.75, 3.05) is 5.33 Å². The molecule has 0 saturated carbocycles. The molecule has 25 heavy (non-hydrogen) atoms. The summed E-state index contributed by atoms with van der Waals surface area (Å²) in [5.41, 5.74) is 5.35. The summed E-state index contributed by atoms with van der Waals surface area (Å²) in [7, 11) is 0. The highest BCUT2D eigenvalue weighted by Gasteiger charge is 1.97. The van der Waals surface area contributed by atoms with E-state index in [9.17, 15) is 0 Å². The minimum atomic E-state index is 0.620. The van der Waals surface area contributed by atoms with E-state index in [2.05, 4.69) is 116 Å². The summed E-state index contributed by atoms with van der Waals surface area (Å²) in [6.07, 6.45) is 8.40. The molecule has 1 heteroatoms. The quantitative estimate of drug-likeness (QED) is 0.446. The lowest BCUT2D eigenvalue weighted by atomic mass is 10.0. The topological polar surface area (TPSA) is 0 Å². The standard InChI is InChI=1S/C12H15Br.C12H16/c1-10(2)12-7-5-11(6-8-12)4-3-9-13;1-4-5-11-6-8-12(9-7-11)10(2)3/h3-8,10H,9H2,1-2H3;4-10H,1-3H3/b4-3+;5-4+.